The van der Waals surface area contributed by atoms with Gasteiger partial charge in [-0.1, -0.05) is 30.3 Å². The van der Waals surface area contributed by atoms with Gasteiger partial charge in [0.1, 0.15) is 5.82 Å². The summed E-state index contributed by atoms with van der Waals surface area (Å²) in [5.74, 6) is 1.09. The van der Waals surface area contributed by atoms with Gasteiger partial charge in [0, 0.05) is 12.2 Å². The largest absolute Gasteiger partial charge is 0.328 e. The lowest BCUT2D eigenvalue weighted by Gasteiger charge is -2.07. The molecule has 1 aromatic heterocycles. The minimum Gasteiger partial charge on any atom is -0.328 e. The van der Waals surface area contributed by atoms with Crippen molar-refractivity contribution in [3.63, 3.8) is 0 Å². The molecule has 0 aliphatic rings. The normalized spacial score (nSPS) is 10.6. The fourth-order valence-corrected chi connectivity index (χ4v) is 1.82. The van der Waals surface area contributed by atoms with E-state index in [-0.39, 0.29) is 0 Å². The molecule has 0 fully saturated rings. The van der Waals surface area contributed by atoms with E-state index in [4.69, 9.17) is 0 Å². The Hall–Kier alpha value is -1.57. The number of hydrogen-bond donors (Lipinski definition) is 0. The van der Waals surface area contributed by atoms with E-state index < -0.39 is 0 Å². The molecule has 0 saturated heterocycles. The quantitative estimate of drug-likeness (QED) is 0.729. The monoisotopic (exact) mass is 200 g/mol. The van der Waals surface area contributed by atoms with Crippen LogP contribution in [-0.4, -0.2) is 9.55 Å². The first-order chi connectivity index (χ1) is 7.18. The van der Waals surface area contributed by atoms with Crippen molar-refractivity contribution >= 4 is 0 Å². The van der Waals surface area contributed by atoms with Gasteiger partial charge in [0.05, 0.1) is 5.69 Å². The zero-order valence-corrected chi connectivity index (χ0v) is 9.49. The fraction of sp³-hybridized carbons (Fsp3) is 0.308. The van der Waals surface area contributed by atoms with Gasteiger partial charge in [-0.15, -0.1) is 0 Å². The van der Waals surface area contributed by atoms with E-state index in [1.54, 1.807) is 0 Å². The SMILES string of the molecule is Cc1nc(C)n(Cc2ccccc2)c1C. The van der Waals surface area contributed by atoms with Crippen LogP contribution in [0.5, 0.6) is 0 Å². The van der Waals surface area contributed by atoms with Crippen LogP contribution >= 0.6 is 0 Å². The summed E-state index contributed by atoms with van der Waals surface area (Å²) in [5.41, 5.74) is 3.71. The van der Waals surface area contributed by atoms with Crippen molar-refractivity contribution in [2.45, 2.75) is 27.3 Å². The molecular weight excluding hydrogens is 184 g/mol. The Balaban J connectivity index is 2.32. The average Bonchev–Trinajstić information content (AvgIpc) is 2.47. The maximum Gasteiger partial charge on any atom is 0.106 e. The van der Waals surface area contributed by atoms with Gasteiger partial charge in [0.15, 0.2) is 0 Å². The summed E-state index contributed by atoms with van der Waals surface area (Å²) in [6.07, 6.45) is 0. The first-order valence-electron chi connectivity index (χ1n) is 5.22. The molecule has 2 rings (SSSR count). The third-order valence-corrected chi connectivity index (χ3v) is 2.83. The molecule has 2 nitrogen and oxygen atoms in total. The molecule has 2 heteroatoms. The van der Waals surface area contributed by atoms with Crippen LogP contribution in [0.25, 0.3) is 0 Å². The number of hydrogen-bond acceptors (Lipinski definition) is 1. The summed E-state index contributed by atoms with van der Waals surface area (Å²) in [6, 6.07) is 10.5. The molecule has 0 N–H and O–H groups in total. The average molecular weight is 200 g/mol. The summed E-state index contributed by atoms with van der Waals surface area (Å²) in [7, 11) is 0. The highest BCUT2D eigenvalue weighted by atomic mass is 15.1. The highest BCUT2D eigenvalue weighted by molar-refractivity contribution is 5.19. The summed E-state index contributed by atoms with van der Waals surface area (Å²) in [6.45, 7) is 7.16. The molecule has 15 heavy (non-hydrogen) atoms. The van der Waals surface area contributed by atoms with Crippen LogP contribution in [0.2, 0.25) is 0 Å². The zero-order valence-electron chi connectivity index (χ0n) is 9.49. The van der Waals surface area contributed by atoms with E-state index in [9.17, 15) is 0 Å². The number of aryl methyl sites for hydroxylation is 2. The number of rotatable bonds is 2. The van der Waals surface area contributed by atoms with Crippen LogP contribution in [0.4, 0.5) is 0 Å². The topological polar surface area (TPSA) is 17.8 Å². The summed E-state index contributed by atoms with van der Waals surface area (Å²) < 4.78 is 2.25. The molecule has 1 heterocycles. The molecule has 0 spiro atoms. The van der Waals surface area contributed by atoms with Crippen LogP contribution in [0.1, 0.15) is 22.8 Å². The van der Waals surface area contributed by atoms with Crippen LogP contribution < -0.4 is 0 Å². The molecule has 78 valence electrons. The lowest BCUT2D eigenvalue weighted by molar-refractivity contribution is 0.738. The Morgan fingerprint density at radius 1 is 1.07 bits per heavy atom. The van der Waals surface area contributed by atoms with Crippen molar-refractivity contribution in [1.29, 1.82) is 0 Å². The van der Waals surface area contributed by atoms with Gasteiger partial charge in [0.25, 0.3) is 0 Å². The second-order valence-corrected chi connectivity index (χ2v) is 3.90. The summed E-state index contributed by atoms with van der Waals surface area (Å²) >= 11 is 0. The lowest BCUT2D eigenvalue weighted by atomic mass is 10.2. The summed E-state index contributed by atoms with van der Waals surface area (Å²) in [5, 5.41) is 0. The first-order valence-corrected chi connectivity index (χ1v) is 5.22. The molecule has 1 aromatic carbocycles. The second-order valence-electron chi connectivity index (χ2n) is 3.90. The van der Waals surface area contributed by atoms with Crippen molar-refractivity contribution in [2.24, 2.45) is 0 Å². The van der Waals surface area contributed by atoms with Crippen molar-refractivity contribution in [2.75, 3.05) is 0 Å². The standard InChI is InChI=1S/C13H16N2/c1-10-11(2)15(12(3)14-10)9-13-7-5-4-6-8-13/h4-8H,9H2,1-3H3. The Morgan fingerprint density at radius 2 is 1.73 bits per heavy atom. The number of imidazole rings is 1. The van der Waals surface area contributed by atoms with Crippen LogP contribution in [-0.2, 0) is 6.54 Å². The van der Waals surface area contributed by atoms with E-state index in [0.717, 1.165) is 18.1 Å². The number of nitrogens with zero attached hydrogens (tertiary/aromatic N) is 2. The van der Waals surface area contributed by atoms with E-state index in [2.05, 4.69) is 54.6 Å². The smallest absolute Gasteiger partial charge is 0.106 e. The Kier molecular flexibility index (Phi) is 2.58. The Bertz CT molecular complexity index is 455. The molecule has 0 aliphatic heterocycles. The van der Waals surface area contributed by atoms with Crippen molar-refractivity contribution in [1.82, 2.24) is 9.55 Å². The molecule has 0 amide bonds. The molecule has 0 radical (unpaired) electrons. The van der Waals surface area contributed by atoms with Crippen LogP contribution in [0, 0.1) is 20.8 Å². The predicted octanol–water partition coefficient (Wildman–Crippen LogP) is 2.86. The highest BCUT2D eigenvalue weighted by Gasteiger charge is 2.06. The van der Waals surface area contributed by atoms with Crippen molar-refractivity contribution < 1.29 is 0 Å². The van der Waals surface area contributed by atoms with Gasteiger partial charge in [0.2, 0.25) is 0 Å². The molecular formula is C13H16N2. The maximum atomic E-state index is 4.47. The van der Waals surface area contributed by atoms with E-state index in [0.29, 0.717) is 0 Å². The van der Waals surface area contributed by atoms with Gasteiger partial charge in [-0.05, 0) is 26.3 Å². The minimum absolute atomic E-state index is 0.916. The predicted molar refractivity (Wildman–Crippen MR) is 62.0 cm³/mol. The summed E-state index contributed by atoms with van der Waals surface area (Å²) in [4.78, 5) is 4.47. The number of aromatic nitrogens is 2. The Morgan fingerprint density at radius 3 is 2.27 bits per heavy atom. The Labute approximate surface area is 90.6 Å². The lowest BCUT2D eigenvalue weighted by Crippen LogP contribution is -2.03. The third-order valence-electron chi connectivity index (χ3n) is 2.83. The van der Waals surface area contributed by atoms with Gasteiger partial charge >= 0.3 is 0 Å². The van der Waals surface area contributed by atoms with Crippen LogP contribution in [0.15, 0.2) is 30.3 Å². The maximum absolute atomic E-state index is 4.47. The molecule has 0 saturated carbocycles. The zero-order chi connectivity index (χ0) is 10.8. The van der Waals surface area contributed by atoms with E-state index in [1.807, 2.05) is 6.07 Å². The van der Waals surface area contributed by atoms with Crippen molar-refractivity contribution in [3.8, 4) is 0 Å². The minimum atomic E-state index is 0.916. The fourth-order valence-electron chi connectivity index (χ4n) is 1.82. The molecule has 0 atom stereocenters. The van der Waals surface area contributed by atoms with Gasteiger partial charge in [-0.3, -0.25) is 0 Å². The molecule has 0 unspecified atom stereocenters. The van der Waals surface area contributed by atoms with Crippen molar-refractivity contribution in [3.05, 3.63) is 53.1 Å². The van der Waals surface area contributed by atoms with E-state index in [1.165, 1.54) is 11.3 Å². The first kappa shape index (κ1) is 9.97. The highest BCUT2D eigenvalue weighted by Crippen LogP contribution is 2.12. The van der Waals surface area contributed by atoms with Gasteiger partial charge < -0.3 is 4.57 Å². The second kappa shape index (κ2) is 3.89. The number of benzene rings is 1. The molecule has 0 bridgehead atoms. The van der Waals surface area contributed by atoms with Crippen LogP contribution in [0.3, 0.4) is 0 Å². The molecule has 0 aliphatic carbocycles. The molecule has 2 aromatic rings. The third kappa shape index (κ3) is 1.94. The van der Waals surface area contributed by atoms with Gasteiger partial charge in [-0.25, -0.2) is 4.98 Å². The van der Waals surface area contributed by atoms with E-state index >= 15 is 0 Å². The van der Waals surface area contributed by atoms with Gasteiger partial charge in [-0.2, -0.15) is 0 Å².